The van der Waals surface area contributed by atoms with Crippen molar-refractivity contribution < 1.29 is 4.42 Å². The summed E-state index contributed by atoms with van der Waals surface area (Å²) in [5.74, 6) is 2.66. The molecule has 0 amide bonds. The van der Waals surface area contributed by atoms with Gasteiger partial charge in [0.05, 0.1) is 13.1 Å². The van der Waals surface area contributed by atoms with Gasteiger partial charge < -0.3 is 14.6 Å². The second-order valence-corrected chi connectivity index (χ2v) is 6.04. The van der Waals surface area contributed by atoms with Crippen LogP contribution in [0.1, 0.15) is 30.9 Å². The number of hydrogen-bond acceptors (Lipinski definition) is 3. The van der Waals surface area contributed by atoms with E-state index in [-0.39, 0.29) is 0 Å². The molecule has 0 aliphatic rings. The van der Waals surface area contributed by atoms with Crippen molar-refractivity contribution in [1.29, 1.82) is 0 Å². The minimum absolute atomic E-state index is 0.659. The number of aryl methyl sites for hydroxylation is 1. The molecule has 0 atom stereocenters. The summed E-state index contributed by atoms with van der Waals surface area (Å²) in [4.78, 5) is 2.22. The summed E-state index contributed by atoms with van der Waals surface area (Å²) >= 11 is 0. The fourth-order valence-corrected chi connectivity index (χ4v) is 2.40. The lowest BCUT2D eigenvalue weighted by Gasteiger charge is -2.20. The van der Waals surface area contributed by atoms with Gasteiger partial charge in [0.25, 0.3) is 0 Å². The SMILES string of the molecule is Cc1ccccc1N(C)Cc1ccc(CNCC(C)C)o1. The van der Waals surface area contributed by atoms with Crippen LogP contribution in [0.4, 0.5) is 5.69 Å². The number of hydrogen-bond donors (Lipinski definition) is 1. The lowest BCUT2D eigenvalue weighted by molar-refractivity contribution is 0.435. The van der Waals surface area contributed by atoms with Gasteiger partial charge in [0.2, 0.25) is 0 Å². The average molecular weight is 286 g/mol. The van der Waals surface area contributed by atoms with E-state index in [1.807, 2.05) is 0 Å². The molecule has 114 valence electrons. The molecule has 3 nitrogen and oxygen atoms in total. The Balaban J connectivity index is 1.91. The number of nitrogens with zero attached hydrogens (tertiary/aromatic N) is 1. The summed E-state index contributed by atoms with van der Waals surface area (Å²) in [6.45, 7) is 9.14. The van der Waals surface area contributed by atoms with Crippen LogP contribution in [-0.2, 0) is 13.1 Å². The Morgan fingerprint density at radius 2 is 1.81 bits per heavy atom. The largest absolute Gasteiger partial charge is 0.463 e. The maximum Gasteiger partial charge on any atom is 0.123 e. The van der Waals surface area contributed by atoms with Gasteiger partial charge in [-0.05, 0) is 43.1 Å². The van der Waals surface area contributed by atoms with Crippen molar-refractivity contribution >= 4 is 5.69 Å². The number of benzene rings is 1. The van der Waals surface area contributed by atoms with Crippen molar-refractivity contribution in [2.75, 3.05) is 18.5 Å². The Hall–Kier alpha value is -1.74. The quantitative estimate of drug-likeness (QED) is 0.835. The van der Waals surface area contributed by atoms with Gasteiger partial charge in [0.1, 0.15) is 11.5 Å². The fourth-order valence-electron chi connectivity index (χ4n) is 2.40. The Labute approximate surface area is 128 Å². The number of rotatable bonds is 7. The van der Waals surface area contributed by atoms with Crippen LogP contribution in [0.5, 0.6) is 0 Å². The normalized spacial score (nSPS) is 11.1. The minimum atomic E-state index is 0.659. The molecule has 0 radical (unpaired) electrons. The van der Waals surface area contributed by atoms with Crippen molar-refractivity contribution in [1.82, 2.24) is 5.32 Å². The number of nitrogens with one attached hydrogen (secondary N) is 1. The van der Waals surface area contributed by atoms with Gasteiger partial charge in [0, 0.05) is 12.7 Å². The van der Waals surface area contributed by atoms with E-state index in [0.29, 0.717) is 5.92 Å². The van der Waals surface area contributed by atoms with Crippen molar-refractivity contribution in [3.63, 3.8) is 0 Å². The summed E-state index contributed by atoms with van der Waals surface area (Å²) in [6.07, 6.45) is 0. The first-order valence-electron chi connectivity index (χ1n) is 7.61. The highest BCUT2D eigenvalue weighted by Gasteiger charge is 2.08. The zero-order chi connectivity index (χ0) is 15.2. The molecule has 0 bridgehead atoms. The molecule has 0 spiro atoms. The molecule has 0 fully saturated rings. The molecule has 0 unspecified atom stereocenters. The predicted molar refractivity (Wildman–Crippen MR) is 88.5 cm³/mol. The van der Waals surface area contributed by atoms with E-state index in [1.165, 1.54) is 11.3 Å². The molecule has 0 saturated heterocycles. The van der Waals surface area contributed by atoms with E-state index in [9.17, 15) is 0 Å². The molecule has 3 heteroatoms. The van der Waals surface area contributed by atoms with Crippen LogP contribution in [-0.4, -0.2) is 13.6 Å². The van der Waals surface area contributed by atoms with Crippen LogP contribution >= 0.6 is 0 Å². The van der Waals surface area contributed by atoms with Crippen LogP contribution in [0.15, 0.2) is 40.8 Å². The van der Waals surface area contributed by atoms with Gasteiger partial charge in [-0.3, -0.25) is 0 Å². The third-order valence-corrected chi connectivity index (χ3v) is 3.49. The van der Waals surface area contributed by atoms with Crippen LogP contribution in [0.25, 0.3) is 0 Å². The van der Waals surface area contributed by atoms with Gasteiger partial charge >= 0.3 is 0 Å². The molecule has 1 heterocycles. The van der Waals surface area contributed by atoms with Gasteiger partial charge in [-0.1, -0.05) is 32.0 Å². The van der Waals surface area contributed by atoms with Crippen LogP contribution in [0.3, 0.4) is 0 Å². The summed E-state index contributed by atoms with van der Waals surface area (Å²) < 4.78 is 5.89. The lowest BCUT2D eigenvalue weighted by Crippen LogP contribution is -2.18. The number of para-hydroxylation sites is 1. The maximum absolute atomic E-state index is 5.89. The summed E-state index contributed by atoms with van der Waals surface area (Å²) in [5, 5.41) is 3.40. The maximum atomic E-state index is 5.89. The minimum Gasteiger partial charge on any atom is -0.463 e. The Bertz CT molecular complexity index is 560. The molecule has 0 aliphatic carbocycles. The molecule has 0 saturated carbocycles. The first kappa shape index (κ1) is 15.6. The first-order valence-corrected chi connectivity index (χ1v) is 7.61. The summed E-state index contributed by atoms with van der Waals surface area (Å²) in [5.41, 5.74) is 2.53. The Morgan fingerprint density at radius 1 is 1.10 bits per heavy atom. The zero-order valence-electron chi connectivity index (χ0n) is 13.5. The number of furan rings is 1. The molecule has 2 aromatic rings. The predicted octanol–water partition coefficient (Wildman–Crippen LogP) is 3.97. The zero-order valence-corrected chi connectivity index (χ0v) is 13.5. The van der Waals surface area contributed by atoms with Gasteiger partial charge in [-0.25, -0.2) is 0 Å². The van der Waals surface area contributed by atoms with Gasteiger partial charge in [0.15, 0.2) is 0 Å². The standard InChI is InChI=1S/C18H26N2O/c1-14(2)11-19-12-16-9-10-17(21-16)13-20(4)18-8-6-5-7-15(18)3/h5-10,14,19H,11-13H2,1-4H3. The highest BCUT2D eigenvalue weighted by atomic mass is 16.3. The average Bonchev–Trinajstić information content (AvgIpc) is 2.86. The van der Waals surface area contributed by atoms with Crippen molar-refractivity contribution in [3.8, 4) is 0 Å². The molecular weight excluding hydrogens is 260 g/mol. The Morgan fingerprint density at radius 3 is 2.52 bits per heavy atom. The van der Waals surface area contributed by atoms with E-state index in [0.717, 1.165) is 31.2 Å². The van der Waals surface area contributed by atoms with Crippen LogP contribution in [0, 0.1) is 12.8 Å². The van der Waals surface area contributed by atoms with E-state index in [4.69, 9.17) is 4.42 Å². The lowest BCUT2D eigenvalue weighted by atomic mass is 10.2. The third kappa shape index (κ3) is 4.64. The molecule has 2 rings (SSSR count). The van der Waals surface area contributed by atoms with Crippen molar-refractivity contribution in [2.24, 2.45) is 5.92 Å². The van der Waals surface area contributed by atoms with Crippen molar-refractivity contribution in [3.05, 3.63) is 53.5 Å². The monoisotopic (exact) mass is 286 g/mol. The molecule has 0 aliphatic heterocycles. The third-order valence-electron chi connectivity index (χ3n) is 3.49. The van der Waals surface area contributed by atoms with E-state index in [1.54, 1.807) is 0 Å². The Kier molecular flexibility index (Phi) is 5.45. The second kappa shape index (κ2) is 7.32. The first-order chi connectivity index (χ1) is 10.1. The second-order valence-electron chi connectivity index (χ2n) is 6.04. The summed E-state index contributed by atoms with van der Waals surface area (Å²) in [7, 11) is 2.10. The highest BCUT2D eigenvalue weighted by Crippen LogP contribution is 2.20. The number of anilines is 1. The van der Waals surface area contributed by atoms with E-state index >= 15 is 0 Å². The highest BCUT2D eigenvalue weighted by molar-refractivity contribution is 5.52. The van der Waals surface area contributed by atoms with Crippen LogP contribution in [0.2, 0.25) is 0 Å². The molecule has 1 aromatic carbocycles. The molecule has 1 aromatic heterocycles. The summed E-state index contributed by atoms with van der Waals surface area (Å²) in [6, 6.07) is 12.6. The molecule has 21 heavy (non-hydrogen) atoms. The molecule has 1 N–H and O–H groups in total. The molecular formula is C18H26N2O. The topological polar surface area (TPSA) is 28.4 Å². The smallest absolute Gasteiger partial charge is 0.123 e. The van der Waals surface area contributed by atoms with Crippen molar-refractivity contribution in [2.45, 2.75) is 33.9 Å². The van der Waals surface area contributed by atoms with Gasteiger partial charge in [-0.15, -0.1) is 0 Å². The van der Waals surface area contributed by atoms with Gasteiger partial charge in [-0.2, -0.15) is 0 Å². The van der Waals surface area contributed by atoms with E-state index < -0.39 is 0 Å². The fraction of sp³-hybridized carbons (Fsp3) is 0.444. The van der Waals surface area contributed by atoms with E-state index in [2.05, 4.69) is 74.4 Å². The van der Waals surface area contributed by atoms with Crippen LogP contribution < -0.4 is 10.2 Å².